The molecule has 1 aliphatic rings. The summed E-state index contributed by atoms with van der Waals surface area (Å²) in [5, 5.41) is 0.197. The summed E-state index contributed by atoms with van der Waals surface area (Å²) in [7, 11) is -2.24. The molecule has 2 aromatic carbocycles. The molecule has 1 saturated heterocycles. The number of hydrogen-bond donors (Lipinski definition) is 0. The molecule has 0 aromatic heterocycles. The van der Waals surface area contributed by atoms with Crippen LogP contribution in [0.15, 0.2) is 47.4 Å². The molecular formula is C21H25ClFN3O3S. The first-order valence-electron chi connectivity index (χ1n) is 9.69. The number of halogens is 2. The number of rotatable bonds is 5. The van der Waals surface area contributed by atoms with Gasteiger partial charge in [-0.1, -0.05) is 23.7 Å². The van der Waals surface area contributed by atoms with E-state index < -0.39 is 10.0 Å². The molecule has 30 heavy (non-hydrogen) atoms. The molecular weight excluding hydrogens is 429 g/mol. The van der Waals surface area contributed by atoms with Gasteiger partial charge in [-0.2, -0.15) is 4.31 Å². The molecule has 0 radical (unpaired) electrons. The maximum atomic E-state index is 14.0. The summed E-state index contributed by atoms with van der Waals surface area (Å²) in [4.78, 5) is 16.6. The van der Waals surface area contributed by atoms with Crippen LogP contribution in [0.25, 0.3) is 0 Å². The van der Waals surface area contributed by atoms with E-state index in [-0.39, 0.29) is 33.2 Å². The number of carbonyl (C=O) groups excluding carboxylic acids is 1. The van der Waals surface area contributed by atoms with Crippen LogP contribution in [0.4, 0.5) is 10.1 Å². The summed E-state index contributed by atoms with van der Waals surface area (Å²) in [6, 6.07) is 10.5. The highest BCUT2D eigenvalue weighted by Crippen LogP contribution is 2.26. The van der Waals surface area contributed by atoms with Crippen molar-refractivity contribution in [1.29, 1.82) is 0 Å². The summed E-state index contributed by atoms with van der Waals surface area (Å²) in [6.45, 7) is 5.25. The zero-order valence-corrected chi connectivity index (χ0v) is 18.8. The van der Waals surface area contributed by atoms with E-state index in [2.05, 4.69) is 0 Å². The zero-order chi connectivity index (χ0) is 22.1. The minimum atomic E-state index is -3.74. The first kappa shape index (κ1) is 22.5. The van der Waals surface area contributed by atoms with Gasteiger partial charge < -0.3 is 9.80 Å². The lowest BCUT2D eigenvalue weighted by Gasteiger charge is -2.36. The number of piperazine rings is 1. The number of anilines is 1. The van der Waals surface area contributed by atoms with Gasteiger partial charge in [0.1, 0.15) is 5.82 Å². The molecule has 0 bridgehead atoms. The van der Waals surface area contributed by atoms with E-state index in [1.165, 1.54) is 35.6 Å². The highest BCUT2D eigenvalue weighted by atomic mass is 35.5. The Kier molecular flexibility index (Phi) is 6.69. The number of hydrogen-bond acceptors (Lipinski definition) is 4. The second-order valence-corrected chi connectivity index (χ2v) is 9.89. The van der Waals surface area contributed by atoms with Crippen molar-refractivity contribution in [2.45, 2.75) is 24.8 Å². The molecule has 9 heteroatoms. The molecule has 2 aromatic rings. The molecule has 1 amide bonds. The third-order valence-corrected chi connectivity index (χ3v) is 7.69. The van der Waals surface area contributed by atoms with Gasteiger partial charge in [-0.15, -0.1) is 0 Å². The Morgan fingerprint density at radius 2 is 1.73 bits per heavy atom. The van der Waals surface area contributed by atoms with Gasteiger partial charge in [-0.3, -0.25) is 4.79 Å². The van der Waals surface area contributed by atoms with E-state index in [4.69, 9.17) is 11.6 Å². The fourth-order valence-electron chi connectivity index (χ4n) is 3.30. The predicted molar refractivity (Wildman–Crippen MR) is 116 cm³/mol. The number of amides is 1. The van der Waals surface area contributed by atoms with E-state index in [1.807, 2.05) is 4.90 Å². The maximum absolute atomic E-state index is 14.0. The van der Waals surface area contributed by atoms with Crippen molar-refractivity contribution >= 4 is 33.2 Å². The SMILES string of the molecule is CC(C)N(C)S(=O)(=O)c1ccc(Cl)c(C(=O)N2CCN(c3ccccc3F)CC2)c1. The second kappa shape index (κ2) is 8.91. The summed E-state index contributed by atoms with van der Waals surface area (Å²) < 4.78 is 40.8. The fraction of sp³-hybridized carbons (Fsp3) is 0.381. The normalized spacial score (nSPS) is 15.2. The number of nitrogens with zero attached hydrogens (tertiary/aromatic N) is 3. The minimum absolute atomic E-state index is 0.0245. The number of carbonyl (C=O) groups is 1. The summed E-state index contributed by atoms with van der Waals surface area (Å²) >= 11 is 6.23. The van der Waals surface area contributed by atoms with Crippen molar-refractivity contribution in [3.05, 3.63) is 58.9 Å². The number of benzene rings is 2. The molecule has 6 nitrogen and oxygen atoms in total. The van der Waals surface area contributed by atoms with Crippen LogP contribution in [0.2, 0.25) is 5.02 Å². The lowest BCUT2D eigenvalue weighted by molar-refractivity contribution is 0.0746. The van der Waals surface area contributed by atoms with Crippen molar-refractivity contribution in [3.63, 3.8) is 0 Å². The second-order valence-electron chi connectivity index (χ2n) is 7.49. The van der Waals surface area contributed by atoms with Crippen LogP contribution in [0.5, 0.6) is 0 Å². The lowest BCUT2D eigenvalue weighted by atomic mass is 10.1. The Labute approximate surface area is 181 Å². The Bertz CT molecular complexity index is 1040. The molecule has 1 heterocycles. The van der Waals surface area contributed by atoms with Crippen molar-refractivity contribution < 1.29 is 17.6 Å². The first-order chi connectivity index (χ1) is 14.1. The molecule has 0 atom stereocenters. The monoisotopic (exact) mass is 453 g/mol. The van der Waals surface area contributed by atoms with Gasteiger partial charge in [-0.25, -0.2) is 12.8 Å². The molecule has 0 aliphatic carbocycles. The van der Waals surface area contributed by atoms with Crippen molar-refractivity contribution in [2.75, 3.05) is 38.1 Å². The van der Waals surface area contributed by atoms with E-state index in [0.29, 0.717) is 31.9 Å². The van der Waals surface area contributed by atoms with Crippen LogP contribution in [0.1, 0.15) is 24.2 Å². The number of sulfonamides is 1. The quantitative estimate of drug-likeness (QED) is 0.695. The highest BCUT2D eigenvalue weighted by molar-refractivity contribution is 7.89. The largest absolute Gasteiger partial charge is 0.366 e. The average Bonchev–Trinajstić information content (AvgIpc) is 2.73. The van der Waals surface area contributed by atoms with Crippen LogP contribution >= 0.6 is 11.6 Å². The topological polar surface area (TPSA) is 60.9 Å². The molecule has 1 fully saturated rings. The van der Waals surface area contributed by atoms with E-state index in [0.717, 1.165) is 0 Å². The van der Waals surface area contributed by atoms with Crippen LogP contribution < -0.4 is 4.90 Å². The Balaban J connectivity index is 1.79. The molecule has 3 rings (SSSR count). The summed E-state index contributed by atoms with van der Waals surface area (Å²) in [5.41, 5.74) is 0.654. The Morgan fingerprint density at radius 3 is 2.33 bits per heavy atom. The Hall–Kier alpha value is -2.16. The van der Waals surface area contributed by atoms with Gasteiger partial charge in [0.2, 0.25) is 10.0 Å². The van der Waals surface area contributed by atoms with Gasteiger partial charge in [-0.05, 0) is 44.2 Å². The molecule has 1 aliphatic heterocycles. The predicted octanol–water partition coefficient (Wildman–Crippen LogP) is 3.47. The average molecular weight is 454 g/mol. The lowest BCUT2D eigenvalue weighted by Crippen LogP contribution is -2.49. The molecule has 0 unspecified atom stereocenters. The minimum Gasteiger partial charge on any atom is -0.366 e. The van der Waals surface area contributed by atoms with Crippen molar-refractivity contribution in [3.8, 4) is 0 Å². The highest BCUT2D eigenvalue weighted by Gasteiger charge is 2.28. The fourth-order valence-corrected chi connectivity index (χ4v) is 4.89. The van der Waals surface area contributed by atoms with Gasteiger partial charge in [0.25, 0.3) is 5.91 Å². The van der Waals surface area contributed by atoms with Crippen LogP contribution in [0, 0.1) is 5.82 Å². The standard InChI is InChI=1S/C21H25ClFN3O3S/c1-15(2)24(3)30(28,29)16-8-9-18(22)17(14-16)21(27)26-12-10-25(11-13-26)20-7-5-4-6-19(20)23/h4-9,14-15H,10-13H2,1-3H3. The Morgan fingerprint density at radius 1 is 1.10 bits per heavy atom. The first-order valence-corrected chi connectivity index (χ1v) is 11.5. The summed E-state index contributed by atoms with van der Waals surface area (Å²) in [6.07, 6.45) is 0. The van der Waals surface area contributed by atoms with Crippen molar-refractivity contribution in [2.24, 2.45) is 0 Å². The van der Waals surface area contributed by atoms with E-state index in [1.54, 1.807) is 36.9 Å². The van der Waals surface area contributed by atoms with E-state index in [9.17, 15) is 17.6 Å². The molecule has 162 valence electrons. The van der Waals surface area contributed by atoms with Gasteiger partial charge in [0, 0.05) is 39.3 Å². The third-order valence-electron chi connectivity index (χ3n) is 5.33. The smallest absolute Gasteiger partial charge is 0.255 e. The van der Waals surface area contributed by atoms with Crippen LogP contribution in [0.3, 0.4) is 0 Å². The molecule has 0 spiro atoms. The zero-order valence-electron chi connectivity index (χ0n) is 17.2. The number of para-hydroxylation sites is 1. The van der Waals surface area contributed by atoms with Gasteiger partial charge >= 0.3 is 0 Å². The van der Waals surface area contributed by atoms with Crippen molar-refractivity contribution in [1.82, 2.24) is 9.21 Å². The molecule has 0 saturated carbocycles. The maximum Gasteiger partial charge on any atom is 0.255 e. The third kappa shape index (κ3) is 4.45. The van der Waals surface area contributed by atoms with Gasteiger partial charge in [0.15, 0.2) is 0 Å². The van der Waals surface area contributed by atoms with Crippen LogP contribution in [-0.4, -0.2) is 62.8 Å². The van der Waals surface area contributed by atoms with E-state index >= 15 is 0 Å². The van der Waals surface area contributed by atoms with Gasteiger partial charge in [0.05, 0.1) is 21.2 Å². The van der Waals surface area contributed by atoms with Crippen LogP contribution in [-0.2, 0) is 10.0 Å². The summed E-state index contributed by atoms with van der Waals surface area (Å²) in [5.74, 6) is -0.634. The molecule has 0 N–H and O–H groups in total.